The van der Waals surface area contributed by atoms with Gasteiger partial charge in [-0.15, -0.1) is 12.6 Å². The molecule has 5 nitrogen and oxygen atoms in total. The number of benzene rings is 2. The van der Waals surface area contributed by atoms with Crippen molar-refractivity contribution in [2.75, 3.05) is 7.05 Å². The van der Waals surface area contributed by atoms with Crippen molar-refractivity contribution in [1.82, 2.24) is 10.2 Å². The molecule has 0 saturated heterocycles. The molecule has 2 aromatic rings. The minimum Gasteiger partial charge on any atom is -0.321 e. The monoisotopic (exact) mass is 342 g/mol. The van der Waals surface area contributed by atoms with E-state index in [1.54, 1.807) is 55.5 Å². The third-order valence-electron chi connectivity index (χ3n) is 3.66. The molecule has 24 heavy (non-hydrogen) atoms. The van der Waals surface area contributed by atoms with Gasteiger partial charge in [0.05, 0.1) is 5.56 Å². The second-order valence-electron chi connectivity index (χ2n) is 5.41. The van der Waals surface area contributed by atoms with E-state index >= 15 is 0 Å². The molecule has 6 heteroatoms. The normalized spacial score (nSPS) is 12.8. The molecule has 0 radical (unpaired) electrons. The fraction of sp³-hybridized carbons (Fsp3) is 0.167. The Balaban J connectivity index is 2.20. The number of amides is 2. The summed E-state index contributed by atoms with van der Waals surface area (Å²) in [4.78, 5) is 36.1. The number of hydrogen-bond donors (Lipinski definition) is 2. The van der Waals surface area contributed by atoms with Crippen LogP contribution < -0.4 is 5.32 Å². The van der Waals surface area contributed by atoms with Crippen LogP contribution in [0.5, 0.6) is 0 Å². The molecule has 0 heterocycles. The number of nitrogens with one attached hydrogen (secondary N) is 1. The largest absolute Gasteiger partial charge is 0.321 e. The van der Waals surface area contributed by atoms with E-state index in [9.17, 15) is 14.4 Å². The molecule has 2 rings (SSSR count). The minimum absolute atomic E-state index is 0.254. The fourth-order valence-corrected chi connectivity index (χ4v) is 2.33. The lowest BCUT2D eigenvalue weighted by Gasteiger charge is -2.35. The average Bonchev–Trinajstić information content (AvgIpc) is 2.60. The Kier molecular flexibility index (Phi) is 5.41. The van der Waals surface area contributed by atoms with E-state index in [1.165, 1.54) is 11.9 Å². The lowest BCUT2D eigenvalue weighted by atomic mass is 10.1. The summed E-state index contributed by atoms with van der Waals surface area (Å²) in [6.07, 6.45) is 0.624. The van der Waals surface area contributed by atoms with Crippen LogP contribution in [0.15, 0.2) is 54.6 Å². The Morgan fingerprint density at radius 2 is 1.67 bits per heavy atom. The van der Waals surface area contributed by atoms with E-state index < -0.39 is 10.9 Å². The average molecular weight is 342 g/mol. The van der Waals surface area contributed by atoms with E-state index in [0.717, 1.165) is 0 Å². The number of carbonyl (C=O) groups excluding carboxylic acids is 3. The predicted molar refractivity (Wildman–Crippen MR) is 95.2 cm³/mol. The lowest BCUT2D eigenvalue weighted by molar-refractivity contribution is 0.0650. The second-order valence-corrected chi connectivity index (χ2v) is 6.28. The van der Waals surface area contributed by atoms with Crippen LogP contribution in [0.1, 0.15) is 38.0 Å². The van der Waals surface area contributed by atoms with Gasteiger partial charge in [0.25, 0.3) is 11.8 Å². The summed E-state index contributed by atoms with van der Waals surface area (Å²) in [5.74, 6) is -0.764. The molecule has 0 saturated carbocycles. The lowest BCUT2D eigenvalue weighted by Crippen LogP contribution is -2.55. The van der Waals surface area contributed by atoms with Crippen LogP contribution in [0.2, 0.25) is 0 Å². The molecular formula is C18H18N2O3S. The quantitative estimate of drug-likeness (QED) is 0.499. The third kappa shape index (κ3) is 3.83. The Bertz CT molecular complexity index is 760. The minimum atomic E-state index is -1.24. The molecule has 1 atom stereocenters. The highest BCUT2D eigenvalue weighted by Gasteiger charge is 2.32. The first-order chi connectivity index (χ1) is 11.4. The highest BCUT2D eigenvalue weighted by molar-refractivity contribution is 7.81. The van der Waals surface area contributed by atoms with Gasteiger partial charge in [0.1, 0.15) is 0 Å². The number of carbonyl (C=O) groups is 3. The molecule has 0 aliphatic heterocycles. The summed E-state index contributed by atoms with van der Waals surface area (Å²) < 4.78 is 0. The summed E-state index contributed by atoms with van der Waals surface area (Å²) in [6.45, 7) is 1.60. The van der Waals surface area contributed by atoms with Crippen molar-refractivity contribution in [1.29, 1.82) is 0 Å². The fourth-order valence-electron chi connectivity index (χ4n) is 2.13. The van der Waals surface area contributed by atoms with Crippen molar-refractivity contribution in [2.24, 2.45) is 0 Å². The Morgan fingerprint density at radius 3 is 2.29 bits per heavy atom. The van der Waals surface area contributed by atoms with Crippen molar-refractivity contribution >= 4 is 30.7 Å². The molecule has 0 fully saturated rings. The van der Waals surface area contributed by atoms with Gasteiger partial charge in [-0.05, 0) is 25.1 Å². The smallest absolute Gasteiger partial charge is 0.256 e. The van der Waals surface area contributed by atoms with Crippen LogP contribution in [0.4, 0.5) is 0 Å². The van der Waals surface area contributed by atoms with Crippen molar-refractivity contribution in [3.05, 3.63) is 71.3 Å². The number of nitrogens with zero attached hydrogens (tertiary/aromatic N) is 1. The molecule has 1 N–H and O–H groups in total. The molecular weight excluding hydrogens is 324 g/mol. The third-order valence-corrected chi connectivity index (χ3v) is 4.07. The summed E-state index contributed by atoms with van der Waals surface area (Å²) in [6, 6.07) is 15.1. The highest BCUT2D eigenvalue weighted by Crippen LogP contribution is 2.20. The van der Waals surface area contributed by atoms with Crippen molar-refractivity contribution < 1.29 is 14.4 Å². The Labute approximate surface area is 146 Å². The highest BCUT2D eigenvalue weighted by atomic mass is 32.1. The van der Waals surface area contributed by atoms with Gasteiger partial charge in [0.15, 0.2) is 11.3 Å². The van der Waals surface area contributed by atoms with E-state index in [2.05, 4.69) is 17.9 Å². The first-order valence-electron chi connectivity index (χ1n) is 7.29. The molecule has 0 bridgehead atoms. The molecule has 124 valence electrons. The first kappa shape index (κ1) is 17.7. The van der Waals surface area contributed by atoms with Gasteiger partial charge in [0, 0.05) is 18.2 Å². The van der Waals surface area contributed by atoms with Crippen LogP contribution in [0.25, 0.3) is 0 Å². The molecule has 0 aromatic heterocycles. The number of rotatable bonds is 5. The SMILES string of the molecule is CN(C(=O)c1ccccc1C=O)C(C)(S)NC(=O)c1ccccc1. The van der Waals surface area contributed by atoms with Crippen molar-refractivity contribution in [3.63, 3.8) is 0 Å². The maximum absolute atomic E-state index is 12.7. The van der Waals surface area contributed by atoms with Crippen LogP contribution >= 0.6 is 12.6 Å². The van der Waals surface area contributed by atoms with Gasteiger partial charge in [-0.3, -0.25) is 14.4 Å². The molecule has 2 aromatic carbocycles. The van der Waals surface area contributed by atoms with Gasteiger partial charge in [0.2, 0.25) is 0 Å². The topological polar surface area (TPSA) is 66.5 Å². The van der Waals surface area contributed by atoms with Gasteiger partial charge in [-0.1, -0.05) is 36.4 Å². The zero-order valence-corrected chi connectivity index (χ0v) is 14.3. The number of thiol groups is 1. The standard InChI is InChI=1S/C18H18N2O3S/c1-18(24,19-16(22)13-8-4-3-5-9-13)20(2)17(23)15-11-7-6-10-14(15)12-21/h3-12,24H,1-2H3,(H,19,22). The van der Waals surface area contributed by atoms with E-state index in [-0.39, 0.29) is 17.0 Å². The summed E-state index contributed by atoms with van der Waals surface area (Å²) in [5, 5.41) is 2.70. The van der Waals surface area contributed by atoms with E-state index in [0.29, 0.717) is 11.8 Å². The van der Waals surface area contributed by atoms with Crippen LogP contribution in [0.3, 0.4) is 0 Å². The zero-order valence-electron chi connectivity index (χ0n) is 13.4. The van der Waals surface area contributed by atoms with Crippen molar-refractivity contribution in [3.8, 4) is 0 Å². The predicted octanol–water partition coefficient (Wildman–Crippen LogP) is 2.60. The number of hydrogen-bond acceptors (Lipinski definition) is 4. The summed E-state index contributed by atoms with van der Waals surface area (Å²) >= 11 is 4.41. The van der Waals surface area contributed by atoms with Gasteiger partial charge in [-0.25, -0.2) is 0 Å². The molecule has 0 aliphatic carbocycles. The molecule has 0 spiro atoms. The van der Waals surface area contributed by atoms with Gasteiger partial charge in [-0.2, -0.15) is 0 Å². The van der Waals surface area contributed by atoms with Crippen LogP contribution in [-0.2, 0) is 0 Å². The number of aldehydes is 1. The van der Waals surface area contributed by atoms with E-state index in [1.807, 2.05) is 6.07 Å². The van der Waals surface area contributed by atoms with Crippen molar-refractivity contribution in [2.45, 2.75) is 11.9 Å². The second kappa shape index (κ2) is 7.31. The zero-order chi connectivity index (χ0) is 17.7. The van der Waals surface area contributed by atoms with Gasteiger partial charge < -0.3 is 10.2 Å². The summed E-state index contributed by atoms with van der Waals surface area (Å²) in [7, 11) is 1.52. The molecule has 0 aliphatic rings. The Hall–Kier alpha value is -2.60. The first-order valence-corrected chi connectivity index (χ1v) is 7.74. The Morgan fingerprint density at radius 1 is 1.08 bits per heavy atom. The summed E-state index contributed by atoms with van der Waals surface area (Å²) in [5.41, 5.74) is 1.00. The molecule has 2 amide bonds. The van der Waals surface area contributed by atoms with Crippen LogP contribution in [-0.4, -0.2) is 35.0 Å². The maximum Gasteiger partial charge on any atom is 0.256 e. The molecule has 1 unspecified atom stereocenters. The van der Waals surface area contributed by atoms with Crippen LogP contribution in [0, 0.1) is 0 Å². The van der Waals surface area contributed by atoms with Gasteiger partial charge >= 0.3 is 0 Å². The van der Waals surface area contributed by atoms with E-state index in [4.69, 9.17) is 0 Å². The maximum atomic E-state index is 12.7.